The Hall–Kier alpha value is -1.68. The van der Waals surface area contributed by atoms with Gasteiger partial charge in [0.2, 0.25) is 0 Å². The SMILES string of the molecule is NC(Cn1cnc2c1CCCC2)c1ccccc1F. The predicted octanol–water partition coefficient (Wildman–Crippen LogP) is 2.60. The van der Waals surface area contributed by atoms with Crippen molar-refractivity contribution in [2.24, 2.45) is 5.73 Å². The van der Waals surface area contributed by atoms with Gasteiger partial charge in [0.15, 0.2) is 0 Å². The van der Waals surface area contributed by atoms with Crippen LogP contribution in [-0.4, -0.2) is 9.55 Å². The Morgan fingerprint density at radius 1 is 1.26 bits per heavy atom. The van der Waals surface area contributed by atoms with E-state index in [0.717, 1.165) is 12.8 Å². The van der Waals surface area contributed by atoms with Crippen molar-refractivity contribution in [3.8, 4) is 0 Å². The van der Waals surface area contributed by atoms with Gasteiger partial charge in [0.1, 0.15) is 5.82 Å². The van der Waals surface area contributed by atoms with E-state index in [4.69, 9.17) is 5.73 Å². The molecule has 0 aliphatic heterocycles. The Balaban J connectivity index is 1.82. The largest absolute Gasteiger partial charge is 0.332 e. The molecule has 0 fully saturated rings. The summed E-state index contributed by atoms with van der Waals surface area (Å²) < 4.78 is 15.8. The molecule has 1 unspecified atom stereocenters. The number of imidazole rings is 1. The second kappa shape index (κ2) is 5.13. The number of fused-ring (bicyclic) bond motifs is 1. The third kappa shape index (κ3) is 2.40. The van der Waals surface area contributed by atoms with Crippen LogP contribution in [0.4, 0.5) is 4.39 Å². The van der Waals surface area contributed by atoms with Gasteiger partial charge in [0.25, 0.3) is 0 Å². The fourth-order valence-corrected chi connectivity index (χ4v) is 2.77. The molecular weight excluding hydrogens is 241 g/mol. The Labute approximate surface area is 112 Å². The van der Waals surface area contributed by atoms with Gasteiger partial charge in [0.05, 0.1) is 18.1 Å². The van der Waals surface area contributed by atoms with Crippen LogP contribution in [0, 0.1) is 5.82 Å². The summed E-state index contributed by atoms with van der Waals surface area (Å²) in [5.74, 6) is -0.232. The maximum Gasteiger partial charge on any atom is 0.128 e. The highest BCUT2D eigenvalue weighted by Gasteiger charge is 2.18. The zero-order valence-electron chi connectivity index (χ0n) is 10.8. The third-order valence-corrected chi connectivity index (χ3v) is 3.81. The highest BCUT2D eigenvalue weighted by molar-refractivity contribution is 5.22. The molecule has 19 heavy (non-hydrogen) atoms. The highest BCUT2D eigenvalue weighted by Crippen LogP contribution is 2.22. The van der Waals surface area contributed by atoms with Crippen LogP contribution in [0.3, 0.4) is 0 Å². The van der Waals surface area contributed by atoms with E-state index in [0.29, 0.717) is 12.1 Å². The molecule has 1 heterocycles. The van der Waals surface area contributed by atoms with Crippen molar-refractivity contribution < 1.29 is 4.39 Å². The van der Waals surface area contributed by atoms with E-state index in [9.17, 15) is 4.39 Å². The summed E-state index contributed by atoms with van der Waals surface area (Å²) in [7, 11) is 0. The summed E-state index contributed by atoms with van der Waals surface area (Å²) in [5, 5.41) is 0. The molecule has 0 saturated heterocycles. The Bertz CT molecular complexity index is 577. The first kappa shape index (κ1) is 12.4. The van der Waals surface area contributed by atoms with Crippen LogP contribution >= 0.6 is 0 Å². The Morgan fingerprint density at radius 3 is 2.89 bits per heavy atom. The van der Waals surface area contributed by atoms with Crippen LogP contribution in [-0.2, 0) is 19.4 Å². The summed E-state index contributed by atoms with van der Waals surface area (Å²) in [6.07, 6.45) is 6.37. The number of nitrogens with two attached hydrogens (primary N) is 1. The fourth-order valence-electron chi connectivity index (χ4n) is 2.77. The first-order chi connectivity index (χ1) is 9.25. The molecule has 0 radical (unpaired) electrons. The number of hydrogen-bond acceptors (Lipinski definition) is 2. The molecular formula is C15H18FN3. The molecule has 0 saturated carbocycles. The van der Waals surface area contributed by atoms with E-state index in [-0.39, 0.29) is 11.9 Å². The third-order valence-electron chi connectivity index (χ3n) is 3.81. The number of benzene rings is 1. The Kier molecular flexibility index (Phi) is 3.34. The van der Waals surface area contributed by atoms with Crippen molar-refractivity contribution in [2.75, 3.05) is 0 Å². The molecule has 1 aliphatic rings. The molecule has 0 amide bonds. The van der Waals surface area contributed by atoms with E-state index in [2.05, 4.69) is 9.55 Å². The molecule has 2 aromatic rings. The van der Waals surface area contributed by atoms with E-state index in [1.54, 1.807) is 12.1 Å². The van der Waals surface area contributed by atoms with E-state index < -0.39 is 0 Å². The van der Waals surface area contributed by atoms with Gasteiger partial charge < -0.3 is 10.3 Å². The van der Waals surface area contributed by atoms with E-state index >= 15 is 0 Å². The zero-order valence-corrected chi connectivity index (χ0v) is 10.8. The number of aryl methyl sites for hydroxylation is 1. The normalized spacial score (nSPS) is 16.1. The molecule has 3 nitrogen and oxygen atoms in total. The first-order valence-corrected chi connectivity index (χ1v) is 6.78. The van der Waals surface area contributed by atoms with Gasteiger partial charge in [-0.3, -0.25) is 0 Å². The van der Waals surface area contributed by atoms with E-state index in [1.165, 1.54) is 30.3 Å². The minimum atomic E-state index is -0.332. The lowest BCUT2D eigenvalue weighted by Gasteiger charge is -2.18. The van der Waals surface area contributed by atoms with Gasteiger partial charge in [0, 0.05) is 17.8 Å². The molecule has 3 rings (SSSR count). The topological polar surface area (TPSA) is 43.8 Å². The van der Waals surface area contributed by atoms with Gasteiger partial charge in [-0.15, -0.1) is 0 Å². The summed E-state index contributed by atoms with van der Waals surface area (Å²) in [6.45, 7) is 0.587. The van der Waals surface area contributed by atoms with Crippen molar-refractivity contribution in [1.82, 2.24) is 9.55 Å². The van der Waals surface area contributed by atoms with Gasteiger partial charge in [-0.2, -0.15) is 0 Å². The van der Waals surface area contributed by atoms with Crippen LogP contribution in [0.1, 0.15) is 35.8 Å². The van der Waals surface area contributed by atoms with Gasteiger partial charge in [-0.25, -0.2) is 9.37 Å². The first-order valence-electron chi connectivity index (χ1n) is 6.78. The lowest BCUT2D eigenvalue weighted by Crippen LogP contribution is -2.20. The molecule has 0 bridgehead atoms. The second-order valence-electron chi connectivity index (χ2n) is 5.13. The molecule has 100 valence electrons. The van der Waals surface area contributed by atoms with Gasteiger partial charge in [-0.1, -0.05) is 18.2 Å². The molecule has 1 aromatic heterocycles. The number of hydrogen-bond donors (Lipinski definition) is 1. The second-order valence-corrected chi connectivity index (χ2v) is 5.13. The summed E-state index contributed by atoms with van der Waals surface area (Å²) in [4.78, 5) is 4.44. The predicted molar refractivity (Wildman–Crippen MR) is 72.2 cm³/mol. The molecule has 1 aliphatic carbocycles. The lowest BCUT2D eigenvalue weighted by atomic mass is 10.0. The maximum atomic E-state index is 13.7. The molecule has 2 N–H and O–H groups in total. The Morgan fingerprint density at radius 2 is 2.05 bits per heavy atom. The minimum absolute atomic E-state index is 0.232. The maximum absolute atomic E-state index is 13.7. The van der Waals surface area contributed by atoms with Crippen molar-refractivity contribution in [3.63, 3.8) is 0 Å². The quantitative estimate of drug-likeness (QED) is 0.920. The monoisotopic (exact) mass is 259 g/mol. The van der Waals surface area contributed by atoms with Gasteiger partial charge >= 0.3 is 0 Å². The lowest BCUT2D eigenvalue weighted by molar-refractivity contribution is 0.514. The average Bonchev–Trinajstić information content (AvgIpc) is 2.83. The summed E-state index contributed by atoms with van der Waals surface area (Å²) >= 11 is 0. The summed E-state index contributed by atoms with van der Waals surface area (Å²) in [5.41, 5.74) is 9.16. The number of halogens is 1. The smallest absolute Gasteiger partial charge is 0.128 e. The molecule has 1 aromatic carbocycles. The highest BCUT2D eigenvalue weighted by atomic mass is 19.1. The standard InChI is InChI=1S/C15H18FN3/c16-12-6-2-1-5-11(12)13(17)9-19-10-18-14-7-3-4-8-15(14)19/h1-2,5-6,10,13H,3-4,7-9,17H2. The fraction of sp³-hybridized carbons (Fsp3) is 0.400. The minimum Gasteiger partial charge on any atom is -0.332 e. The van der Waals surface area contributed by atoms with E-state index in [1.807, 2.05) is 12.4 Å². The number of nitrogens with zero attached hydrogens (tertiary/aromatic N) is 2. The van der Waals surface area contributed by atoms with Crippen LogP contribution in [0.15, 0.2) is 30.6 Å². The van der Waals surface area contributed by atoms with Crippen molar-refractivity contribution in [2.45, 2.75) is 38.3 Å². The van der Waals surface area contributed by atoms with Gasteiger partial charge in [-0.05, 0) is 31.7 Å². The van der Waals surface area contributed by atoms with Crippen LogP contribution in [0.5, 0.6) is 0 Å². The van der Waals surface area contributed by atoms with Crippen LogP contribution in [0.25, 0.3) is 0 Å². The van der Waals surface area contributed by atoms with Crippen molar-refractivity contribution in [1.29, 1.82) is 0 Å². The van der Waals surface area contributed by atoms with Crippen molar-refractivity contribution >= 4 is 0 Å². The average molecular weight is 259 g/mol. The summed E-state index contributed by atoms with van der Waals surface area (Å²) in [6, 6.07) is 6.38. The number of rotatable bonds is 3. The molecule has 1 atom stereocenters. The van der Waals surface area contributed by atoms with Crippen LogP contribution < -0.4 is 5.73 Å². The number of aromatic nitrogens is 2. The van der Waals surface area contributed by atoms with Crippen molar-refractivity contribution in [3.05, 3.63) is 53.4 Å². The zero-order chi connectivity index (χ0) is 13.2. The van der Waals surface area contributed by atoms with Crippen LogP contribution in [0.2, 0.25) is 0 Å². The molecule has 4 heteroatoms. The molecule has 0 spiro atoms.